The Balaban J connectivity index is 4.31. The van der Waals surface area contributed by atoms with Gasteiger partial charge in [-0.05, 0) is 33.0 Å². The van der Waals surface area contributed by atoms with E-state index in [2.05, 4.69) is 4.90 Å². The second-order valence-electron chi connectivity index (χ2n) is 3.07. The minimum atomic E-state index is -0.171. The van der Waals surface area contributed by atoms with E-state index in [0.29, 0.717) is 19.6 Å². The van der Waals surface area contributed by atoms with Crippen molar-refractivity contribution in [2.75, 3.05) is 26.2 Å². The zero-order valence-electron chi connectivity index (χ0n) is 9.45. The zero-order chi connectivity index (χ0) is 11.0. The van der Waals surface area contributed by atoms with Gasteiger partial charge in [0, 0.05) is 0 Å². The fraction of sp³-hybridized carbons (Fsp3) is 0.900. The molecule has 1 unspecified atom stereocenters. The van der Waals surface area contributed by atoms with Gasteiger partial charge in [-0.15, -0.1) is 0 Å². The highest BCUT2D eigenvalue weighted by Crippen LogP contribution is 2.05. The summed E-state index contributed by atoms with van der Waals surface area (Å²) < 4.78 is 5.01. The molecule has 0 saturated carbocycles. The predicted molar refractivity (Wildman–Crippen MR) is 57.0 cm³/mol. The Morgan fingerprint density at radius 2 is 1.93 bits per heavy atom. The molecule has 1 atom stereocenters. The molecule has 0 aliphatic rings. The van der Waals surface area contributed by atoms with Crippen LogP contribution in [0, 0.1) is 0 Å². The third kappa shape index (κ3) is 4.07. The number of rotatable bonds is 7. The maximum atomic E-state index is 11.6. The zero-order valence-corrected chi connectivity index (χ0v) is 9.45. The van der Waals surface area contributed by atoms with E-state index in [1.807, 2.05) is 20.8 Å². The van der Waals surface area contributed by atoms with Gasteiger partial charge in [0.25, 0.3) is 0 Å². The molecule has 4 heteroatoms. The Bertz CT molecular complexity index is 158. The minimum absolute atomic E-state index is 0.151. The van der Waals surface area contributed by atoms with Crippen LogP contribution in [0.15, 0.2) is 0 Å². The Labute approximate surface area is 86.4 Å². The van der Waals surface area contributed by atoms with E-state index in [1.54, 1.807) is 0 Å². The molecule has 0 aromatic rings. The first kappa shape index (κ1) is 13.4. The molecule has 0 fully saturated rings. The van der Waals surface area contributed by atoms with Crippen molar-refractivity contribution in [3.8, 4) is 0 Å². The number of hydrogen-bond acceptors (Lipinski definition) is 4. The van der Waals surface area contributed by atoms with E-state index < -0.39 is 0 Å². The second-order valence-corrected chi connectivity index (χ2v) is 3.07. The summed E-state index contributed by atoms with van der Waals surface area (Å²) in [5.41, 5.74) is 5.48. The largest absolute Gasteiger partial charge is 0.465 e. The van der Waals surface area contributed by atoms with Crippen LogP contribution in [0.1, 0.15) is 27.2 Å². The fourth-order valence-electron chi connectivity index (χ4n) is 1.51. The molecule has 84 valence electrons. The van der Waals surface area contributed by atoms with Gasteiger partial charge >= 0.3 is 5.97 Å². The van der Waals surface area contributed by atoms with Crippen LogP contribution in [0.5, 0.6) is 0 Å². The lowest BCUT2D eigenvalue weighted by Crippen LogP contribution is -2.43. The standard InChI is InChI=1S/C10H22N2O2/c1-4-12(5-2)9(7-8-11)10(13)14-6-3/h9H,4-8,11H2,1-3H3. The van der Waals surface area contributed by atoms with Crippen molar-refractivity contribution in [3.05, 3.63) is 0 Å². The number of hydrogen-bond donors (Lipinski definition) is 1. The molecule has 0 rings (SSSR count). The molecule has 0 aromatic carbocycles. The first-order chi connectivity index (χ1) is 6.71. The van der Waals surface area contributed by atoms with Crippen molar-refractivity contribution in [1.82, 2.24) is 4.90 Å². The lowest BCUT2D eigenvalue weighted by atomic mass is 10.1. The second kappa shape index (κ2) is 7.76. The van der Waals surface area contributed by atoms with Crippen LogP contribution in [0.3, 0.4) is 0 Å². The first-order valence-corrected chi connectivity index (χ1v) is 5.31. The molecule has 0 spiro atoms. The van der Waals surface area contributed by atoms with Crippen LogP contribution >= 0.6 is 0 Å². The number of esters is 1. The number of carbonyl (C=O) groups is 1. The molecule has 0 heterocycles. The first-order valence-electron chi connectivity index (χ1n) is 5.31. The van der Waals surface area contributed by atoms with Gasteiger partial charge in [0.05, 0.1) is 6.61 Å². The molecule has 0 aromatic heterocycles. The monoisotopic (exact) mass is 202 g/mol. The number of nitrogens with two attached hydrogens (primary N) is 1. The van der Waals surface area contributed by atoms with Gasteiger partial charge in [-0.1, -0.05) is 13.8 Å². The maximum absolute atomic E-state index is 11.6. The van der Waals surface area contributed by atoms with Gasteiger partial charge in [-0.3, -0.25) is 9.69 Å². The van der Waals surface area contributed by atoms with E-state index in [4.69, 9.17) is 10.5 Å². The number of carbonyl (C=O) groups excluding carboxylic acids is 1. The SMILES string of the molecule is CCOC(=O)C(CCN)N(CC)CC. The quantitative estimate of drug-likeness (QED) is 0.614. The number of likely N-dealkylation sites (N-methyl/N-ethyl adjacent to an activating group) is 1. The average Bonchev–Trinajstić information content (AvgIpc) is 2.18. The van der Waals surface area contributed by atoms with E-state index in [1.165, 1.54) is 0 Å². The van der Waals surface area contributed by atoms with Gasteiger partial charge in [0.15, 0.2) is 0 Å². The number of nitrogens with zero attached hydrogens (tertiary/aromatic N) is 1. The molecule has 14 heavy (non-hydrogen) atoms. The summed E-state index contributed by atoms with van der Waals surface area (Å²) >= 11 is 0. The normalized spacial score (nSPS) is 12.9. The fourth-order valence-corrected chi connectivity index (χ4v) is 1.51. The molecule has 4 nitrogen and oxygen atoms in total. The van der Waals surface area contributed by atoms with Crippen LogP contribution in [-0.2, 0) is 9.53 Å². The highest BCUT2D eigenvalue weighted by molar-refractivity contribution is 5.75. The highest BCUT2D eigenvalue weighted by Gasteiger charge is 2.23. The van der Waals surface area contributed by atoms with E-state index >= 15 is 0 Å². The predicted octanol–water partition coefficient (Wildman–Crippen LogP) is 0.609. The Kier molecular flexibility index (Phi) is 7.42. The lowest BCUT2D eigenvalue weighted by Gasteiger charge is -2.27. The summed E-state index contributed by atoms with van der Waals surface area (Å²) in [5.74, 6) is -0.151. The molecular formula is C10H22N2O2. The summed E-state index contributed by atoms with van der Waals surface area (Å²) in [7, 11) is 0. The summed E-state index contributed by atoms with van der Waals surface area (Å²) in [6, 6.07) is -0.171. The summed E-state index contributed by atoms with van der Waals surface area (Å²) in [6.07, 6.45) is 0.667. The van der Waals surface area contributed by atoms with Crippen LogP contribution in [-0.4, -0.2) is 43.2 Å². The molecule has 0 amide bonds. The minimum Gasteiger partial charge on any atom is -0.465 e. The smallest absolute Gasteiger partial charge is 0.323 e. The van der Waals surface area contributed by atoms with Crippen molar-refractivity contribution in [1.29, 1.82) is 0 Å². The third-order valence-corrected chi connectivity index (χ3v) is 2.25. The molecule has 2 N–H and O–H groups in total. The molecule has 0 saturated heterocycles. The van der Waals surface area contributed by atoms with Crippen LogP contribution < -0.4 is 5.73 Å². The summed E-state index contributed by atoms with van der Waals surface area (Å²) in [6.45, 7) is 8.53. The molecular weight excluding hydrogens is 180 g/mol. The maximum Gasteiger partial charge on any atom is 0.323 e. The summed E-state index contributed by atoms with van der Waals surface area (Å²) in [4.78, 5) is 13.6. The van der Waals surface area contributed by atoms with E-state index in [-0.39, 0.29) is 12.0 Å². The van der Waals surface area contributed by atoms with Gasteiger partial charge in [0.2, 0.25) is 0 Å². The highest BCUT2D eigenvalue weighted by atomic mass is 16.5. The van der Waals surface area contributed by atoms with Crippen LogP contribution in [0.25, 0.3) is 0 Å². The van der Waals surface area contributed by atoms with Gasteiger partial charge in [-0.2, -0.15) is 0 Å². The van der Waals surface area contributed by atoms with Gasteiger partial charge < -0.3 is 10.5 Å². The molecule has 0 aliphatic carbocycles. The average molecular weight is 202 g/mol. The lowest BCUT2D eigenvalue weighted by molar-refractivity contribution is -0.149. The Morgan fingerprint density at radius 1 is 1.36 bits per heavy atom. The van der Waals surface area contributed by atoms with E-state index in [9.17, 15) is 4.79 Å². The van der Waals surface area contributed by atoms with Crippen molar-refractivity contribution >= 4 is 5.97 Å². The molecule has 0 aliphatic heterocycles. The van der Waals surface area contributed by atoms with Crippen molar-refractivity contribution in [3.63, 3.8) is 0 Å². The van der Waals surface area contributed by atoms with Crippen molar-refractivity contribution in [2.45, 2.75) is 33.2 Å². The Morgan fingerprint density at radius 3 is 2.29 bits per heavy atom. The van der Waals surface area contributed by atoms with Gasteiger partial charge in [-0.25, -0.2) is 0 Å². The third-order valence-electron chi connectivity index (χ3n) is 2.25. The number of ether oxygens (including phenoxy) is 1. The summed E-state index contributed by atoms with van der Waals surface area (Å²) in [5, 5.41) is 0. The van der Waals surface area contributed by atoms with Crippen molar-refractivity contribution in [2.24, 2.45) is 5.73 Å². The van der Waals surface area contributed by atoms with Gasteiger partial charge in [0.1, 0.15) is 6.04 Å². The molecule has 0 bridgehead atoms. The van der Waals surface area contributed by atoms with Crippen molar-refractivity contribution < 1.29 is 9.53 Å². The van der Waals surface area contributed by atoms with E-state index in [0.717, 1.165) is 13.1 Å². The topological polar surface area (TPSA) is 55.6 Å². The molecule has 0 radical (unpaired) electrons. The van der Waals surface area contributed by atoms with Crippen LogP contribution in [0.2, 0.25) is 0 Å². The Hall–Kier alpha value is -0.610. The van der Waals surface area contributed by atoms with Crippen LogP contribution in [0.4, 0.5) is 0 Å².